The van der Waals surface area contributed by atoms with Crippen molar-refractivity contribution in [3.63, 3.8) is 0 Å². The van der Waals surface area contributed by atoms with Gasteiger partial charge in [-0.05, 0) is 19.9 Å². The average molecular weight is 560 g/mol. The van der Waals surface area contributed by atoms with Crippen LogP contribution in [-0.2, 0) is 17.7 Å². The minimum Gasteiger partial charge on any atom is -0.492 e. The molecule has 0 saturated carbocycles. The number of guanidine groups is 1. The van der Waals surface area contributed by atoms with E-state index in [0.717, 1.165) is 74.6 Å². The van der Waals surface area contributed by atoms with E-state index in [9.17, 15) is 0 Å². The van der Waals surface area contributed by atoms with Gasteiger partial charge in [0.25, 0.3) is 0 Å². The Bertz CT molecular complexity index is 796. The minimum absolute atomic E-state index is 0. The van der Waals surface area contributed by atoms with Crippen LogP contribution in [0.25, 0.3) is 0 Å². The van der Waals surface area contributed by atoms with Gasteiger partial charge in [0.15, 0.2) is 5.96 Å². The van der Waals surface area contributed by atoms with Crippen LogP contribution in [0.2, 0.25) is 0 Å². The van der Waals surface area contributed by atoms with Gasteiger partial charge in [0.2, 0.25) is 0 Å². The van der Waals surface area contributed by atoms with Crippen molar-refractivity contribution in [1.29, 1.82) is 0 Å². The molecule has 0 atom stereocenters. The lowest BCUT2D eigenvalue weighted by atomic mass is 10.2. The van der Waals surface area contributed by atoms with Gasteiger partial charge in [0, 0.05) is 55.8 Å². The third-order valence-electron chi connectivity index (χ3n) is 4.79. The SMILES string of the molecule is CCNC(=NCc1ccccc1OCCN1CCOCC1)NCCc1ncc(C)s1.I. The molecule has 0 radical (unpaired) electrons. The molecule has 1 aliphatic heterocycles. The molecule has 172 valence electrons. The Kier molecular flexibility index (Phi) is 12.2. The lowest BCUT2D eigenvalue weighted by Crippen LogP contribution is -2.38. The molecule has 1 aromatic carbocycles. The lowest BCUT2D eigenvalue weighted by molar-refractivity contribution is 0.0322. The number of rotatable bonds is 10. The van der Waals surface area contributed by atoms with Crippen LogP contribution in [0.4, 0.5) is 0 Å². The van der Waals surface area contributed by atoms with E-state index < -0.39 is 0 Å². The molecular weight excluding hydrogens is 525 g/mol. The Balaban J connectivity index is 0.00000341. The molecule has 31 heavy (non-hydrogen) atoms. The molecule has 1 saturated heterocycles. The predicted octanol–water partition coefficient (Wildman–Crippen LogP) is 3.08. The van der Waals surface area contributed by atoms with Gasteiger partial charge in [-0.2, -0.15) is 0 Å². The van der Waals surface area contributed by atoms with Crippen molar-refractivity contribution in [3.05, 3.63) is 45.9 Å². The maximum absolute atomic E-state index is 6.07. The molecule has 0 spiro atoms. The molecule has 1 aliphatic rings. The number of aromatic nitrogens is 1. The van der Waals surface area contributed by atoms with Crippen molar-refractivity contribution in [2.75, 3.05) is 52.5 Å². The molecule has 7 nitrogen and oxygen atoms in total. The van der Waals surface area contributed by atoms with Crippen LogP contribution < -0.4 is 15.4 Å². The summed E-state index contributed by atoms with van der Waals surface area (Å²) in [6, 6.07) is 8.15. The van der Waals surface area contributed by atoms with Gasteiger partial charge < -0.3 is 20.1 Å². The zero-order valence-electron chi connectivity index (χ0n) is 18.4. The highest BCUT2D eigenvalue weighted by atomic mass is 127. The number of nitrogens with one attached hydrogen (secondary N) is 2. The summed E-state index contributed by atoms with van der Waals surface area (Å²) in [7, 11) is 0. The summed E-state index contributed by atoms with van der Waals surface area (Å²) in [5.74, 6) is 1.72. The van der Waals surface area contributed by atoms with Crippen LogP contribution >= 0.6 is 35.3 Å². The van der Waals surface area contributed by atoms with E-state index >= 15 is 0 Å². The molecule has 0 bridgehead atoms. The number of hydrogen-bond donors (Lipinski definition) is 2. The van der Waals surface area contributed by atoms with E-state index in [-0.39, 0.29) is 24.0 Å². The zero-order chi connectivity index (χ0) is 21.0. The monoisotopic (exact) mass is 559 g/mol. The van der Waals surface area contributed by atoms with Gasteiger partial charge in [0.05, 0.1) is 24.8 Å². The second-order valence-corrected chi connectivity index (χ2v) is 8.47. The molecule has 2 heterocycles. The van der Waals surface area contributed by atoms with Crippen molar-refractivity contribution in [3.8, 4) is 5.75 Å². The Morgan fingerprint density at radius 3 is 2.81 bits per heavy atom. The molecule has 2 N–H and O–H groups in total. The van der Waals surface area contributed by atoms with Gasteiger partial charge in [-0.15, -0.1) is 35.3 Å². The molecule has 0 aliphatic carbocycles. The first-order valence-electron chi connectivity index (χ1n) is 10.7. The van der Waals surface area contributed by atoms with E-state index in [1.165, 1.54) is 4.88 Å². The van der Waals surface area contributed by atoms with E-state index in [1.54, 1.807) is 11.3 Å². The van der Waals surface area contributed by atoms with Crippen LogP contribution in [0.3, 0.4) is 0 Å². The molecular formula is C22H34IN5O2S. The first-order chi connectivity index (χ1) is 14.7. The number of benzene rings is 1. The maximum Gasteiger partial charge on any atom is 0.191 e. The fourth-order valence-electron chi connectivity index (χ4n) is 3.20. The Morgan fingerprint density at radius 1 is 1.26 bits per heavy atom. The summed E-state index contributed by atoms with van der Waals surface area (Å²) in [4.78, 5) is 12.8. The number of aryl methyl sites for hydroxylation is 1. The largest absolute Gasteiger partial charge is 0.492 e. The van der Waals surface area contributed by atoms with Crippen molar-refractivity contribution < 1.29 is 9.47 Å². The molecule has 0 amide bonds. The van der Waals surface area contributed by atoms with Gasteiger partial charge in [-0.1, -0.05) is 18.2 Å². The summed E-state index contributed by atoms with van der Waals surface area (Å²) in [5.41, 5.74) is 1.09. The summed E-state index contributed by atoms with van der Waals surface area (Å²) < 4.78 is 11.5. The number of thiazole rings is 1. The van der Waals surface area contributed by atoms with Crippen molar-refractivity contribution in [2.24, 2.45) is 4.99 Å². The van der Waals surface area contributed by atoms with Crippen molar-refractivity contribution >= 4 is 41.3 Å². The number of halogens is 1. The quantitative estimate of drug-likeness (QED) is 0.265. The molecule has 9 heteroatoms. The average Bonchev–Trinajstić information content (AvgIpc) is 3.18. The number of morpholine rings is 1. The minimum atomic E-state index is 0. The van der Waals surface area contributed by atoms with Gasteiger partial charge in [0.1, 0.15) is 12.4 Å². The summed E-state index contributed by atoms with van der Waals surface area (Å²) in [5, 5.41) is 7.86. The van der Waals surface area contributed by atoms with E-state index in [4.69, 9.17) is 14.5 Å². The second kappa shape index (κ2) is 14.6. The Hall–Kier alpha value is -1.43. The normalized spacial score (nSPS) is 14.7. The van der Waals surface area contributed by atoms with Gasteiger partial charge in [-0.25, -0.2) is 9.98 Å². The number of aliphatic imine (C=N–C) groups is 1. The fourth-order valence-corrected chi connectivity index (χ4v) is 3.98. The van der Waals surface area contributed by atoms with Crippen LogP contribution in [0.15, 0.2) is 35.5 Å². The van der Waals surface area contributed by atoms with Crippen LogP contribution in [-0.4, -0.2) is 68.4 Å². The standard InChI is InChI=1S/C22H33N5O2S.HI/c1-3-23-22(24-9-8-21-25-16-18(2)30-21)26-17-19-6-4-5-7-20(19)29-15-12-27-10-13-28-14-11-27;/h4-7,16H,3,8-15,17H2,1-2H3,(H2,23,24,26);1H. The topological polar surface area (TPSA) is 71.0 Å². The van der Waals surface area contributed by atoms with Crippen LogP contribution in [0, 0.1) is 6.92 Å². The molecule has 1 aromatic heterocycles. The number of para-hydroxylation sites is 1. The van der Waals surface area contributed by atoms with Crippen LogP contribution in [0.1, 0.15) is 22.4 Å². The molecule has 2 aromatic rings. The van der Waals surface area contributed by atoms with E-state index in [1.807, 2.05) is 24.4 Å². The van der Waals surface area contributed by atoms with Gasteiger partial charge >= 0.3 is 0 Å². The molecule has 1 fully saturated rings. The highest BCUT2D eigenvalue weighted by molar-refractivity contribution is 14.0. The highest BCUT2D eigenvalue weighted by Crippen LogP contribution is 2.19. The van der Waals surface area contributed by atoms with E-state index in [2.05, 4.69) is 40.4 Å². The zero-order valence-corrected chi connectivity index (χ0v) is 21.6. The van der Waals surface area contributed by atoms with E-state index in [0.29, 0.717) is 13.2 Å². The maximum atomic E-state index is 6.07. The lowest BCUT2D eigenvalue weighted by Gasteiger charge is -2.26. The van der Waals surface area contributed by atoms with Crippen LogP contribution in [0.5, 0.6) is 5.75 Å². The second-order valence-electron chi connectivity index (χ2n) is 7.15. The highest BCUT2D eigenvalue weighted by Gasteiger charge is 2.10. The third kappa shape index (κ3) is 9.30. The number of nitrogens with zero attached hydrogens (tertiary/aromatic N) is 3. The predicted molar refractivity (Wildman–Crippen MR) is 138 cm³/mol. The van der Waals surface area contributed by atoms with Crippen molar-refractivity contribution in [1.82, 2.24) is 20.5 Å². The summed E-state index contributed by atoms with van der Waals surface area (Å²) in [6.07, 6.45) is 2.82. The number of hydrogen-bond acceptors (Lipinski definition) is 6. The summed E-state index contributed by atoms with van der Waals surface area (Å²) in [6.45, 7) is 11.5. The summed E-state index contributed by atoms with van der Waals surface area (Å²) >= 11 is 1.74. The van der Waals surface area contributed by atoms with Crippen molar-refractivity contribution in [2.45, 2.75) is 26.8 Å². The first-order valence-corrected chi connectivity index (χ1v) is 11.5. The van der Waals surface area contributed by atoms with Gasteiger partial charge in [-0.3, -0.25) is 4.90 Å². The number of ether oxygens (including phenoxy) is 2. The molecule has 0 unspecified atom stereocenters. The Morgan fingerprint density at radius 2 is 2.06 bits per heavy atom. The first kappa shape index (κ1) is 25.8. The fraction of sp³-hybridized carbons (Fsp3) is 0.545. The Labute approximate surface area is 206 Å². The third-order valence-corrected chi connectivity index (χ3v) is 5.77. The smallest absolute Gasteiger partial charge is 0.191 e. The molecule has 3 rings (SSSR count).